The number of carbonyl (C=O) groups is 1. The largest absolute Gasteiger partial charge is 0.330 e. The van der Waals surface area contributed by atoms with E-state index in [-0.39, 0.29) is 5.56 Å². The summed E-state index contributed by atoms with van der Waals surface area (Å²) in [5, 5.41) is 0.474. The first kappa shape index (κ1) is 14.7. The lowest BCUT2D eigenvalue weighted by molar-refractivity contribution is 0.103. The van der Waals surface area contributed by atoms with Crippen LogP contribution >= 0.6 is 27.5 Å². The minimum Gasteiger partial charge on any atom is -0.303 e. The summed E-state index contributed by atoms with van der Waals surface area (Å²) in [6.45, 7) is 0. The van der Waals surface area contributed by atoms with Gasteiger partial charge < -0.3 is 4.57 Å². The van der Waals surface area contributed by atoms with Gasteiger partial charge in [-0.15, -0.1) is 0 Å². The molecular weight excluding hydrogens is 348 g/mol. The number of benzene rings is 1. The van der Waals surface area contributed by atoms with Gasteiger partial charge in [-0.05, 0) is 34.1 Å². The zero-order valence-corrected chi connectivity index (χ0v) is 13.0. The Morgan fingerprint density at radius 2 is 1.85 bits per heavy atom. The van der Waals surface area contributed by atoms with Crippen LogP contribution < -0.4 is 11.2 Å². The van der Waals surface area contributed by atoms with Crippen molar-refractivity contribution in [3.8, 4) is 0 Å². The van der Waals surface area contributed by atoms with Crippen LogP contribution in [0.2, 0.25) is 5.02 Å². The van der Waals surface area contributed by atoms with Crippen molar-refractivity contribution in [1.82, 2.24) is 9.13 Å². The fourth-order valence-corrected chi connectivity index (χ4v) is 2.65. The molecule has 1 aromatic carbocycles. The maximum absolute atomic E-state index is 12.4. The van der Waals surface area contributed by atoms with Gasteiger partial charge in [0.2, 0.25) is 5.78 Å². The van der Waals surface area contributed by atoms with E-state index in [0.29, 0.717) is 15.1 Å². The van der Waals surface area contributed by atoms with Crippen molar-refractivity contribution >= 4 is 33.3 Å². The van der Waals surface area contributed by atoms with Crippen molar-refractivity contribution in [2.75, 3.05) is 0 Å². The molecule has 0 bridgehead atoms. The predicted octanol–water partition coefficient (Wildman–Crippen LogP) is 1.73. The molecule has 0 fully saturated rings. The van der Waals surface area contributed by atoms with Crippen LogP contribution in [-0.4, -0.2) is 14.9 Å². The molecule has 0 amide bonds. The Morgan fingerprint density at radius 3 is 2.45 bits per heavy atom. The summed E-state index contributed by atoms with van der Waals surface area (Å²) < 4.78 is 2.58. The standard InChI is InChI=1S/C13H10BrClN2O3/c1-16-6-9(12(19)17(2)13(16)20)11(18)8-4-3-7(15)5-10(8)14/h3-6H,1-2H3. The van der Waals surface area contributed by atoms with Gasteiger partial charge in [0.1, 0.15) is 5.56 Å². The fourth-order valence-electron chi connectivity index (χ4n) is 1.78. The van der Waals surface area contributed by atoms with E-state index in [0.717, 1.165) is 4.57 Å². The molecule has 2 rings (SSSR count). The Bertz CT molecular complexity index is 823. The van der Waals surface area contributed by atoms with Gasteiger partial charge in [-0.3, -0.25) is 14.2 Å². The Kier molecular flexibility index (Phi) is 3.96. The van der Waals surface area contributed by atoms with Crippen LogP contribution in [0.25, 0.3) is 0 Å². The van der Waals surface area contributed by atoms with Gasteiger partial charge in [-0.1, -0.05) is 11.6 Å². The molecule has 0 unspecified atom stereocenters. The van der Waals surface area contributed by atoms with Crippen LogP contribution in [0, 0.1) is 0 Å². The third-order valence-electron chi connectivity index (χ3n) is 2.87. The molecule has 0 spiro atoms. The van der Waals surface area contributed by atoms with Gasteiger partial charge in [0.05, 0.1) is 0 Å². The second-order valence-corrected chi connectivity index (χ2v) is 5.54. The van der Waals surface area contributed by atoms with Crippen LogP contribution in [0.15, 0.2) is 38.5 Å². The smallest absolute Gasteiger partial charge is 0.303 e. The molecule has 0 aliphatic carbocycles. The average Bonchev–Trinajstić information content (AvgIpc) is 2.40. The van der Waals surface area contributed by atoms with E-state index in [9.17, 15) is 14.4 Å². The summed E-state index contributed by atoms with van der Waals surface area (Å²) in [6, 6.07) is 4.66. The van der Waals surface area contributed by atoms with Crippen LogP contribution in [0.4, 0.5) is 0 Å². The Hall–Kier alpha value is -1.66. The molecule has 20 heavy (non-hydrogen) atoms. The first-order valence-corrected chi connectivity index (χ1v) is 6.76. The fraction of sp³-hybridized carbons (Fsp3) is 0.154. The number of rotatable bonds is 2. The summed E-state index contributed by atoms with van der Waals surface area (Å²) in [5.74, 6) is -0.468. The first-order valence-electron chi connectivity index (χ1n) is 5.59. The Balaban J connectivity index is 2.66. The zero-order valence-electron chi connectivity index (χ0n) is 10.7. The second-order valence-electron chi connectivity index (χ2n) is 4.25. The molecule has 0 aliphatic heterocycles. The molecule has 1 aromatic heterocycles. The van der Waals surface area contributed by atoms with Crippen molar-refractivity contribution in [2.45, 2.75) is 0 Å². The summed E-state index contributed by atoms with van der Waals surface area (Å²) in [5.41, 5.74) is -0.871. The van der Waals surface area contributed by atoms with Gasteiger partial charge in [-0.25, -0.2) is 4.79 Å². The minimum absolute atomic E-state index is 0.0716. The lowest BCUT2D eigenvalue weighted by Crippen LogP contribution is -2.39. The molecule has 2 aromatic rings. The number of hydrogen-bond acceptors (Lipinski definition) is 3. The molecule has 7 heteroatoms. The molecule has 0 aliphatic rings. The second kappa shape index (κ2) is 5.38. The van der Waals surface area contributed by atoms with E-state index in [1.165, 1.54) is 30.9 Å². The van der Waals surface area contributed by atoms with Crippen molar-refractivity contribution in [3.63, 3.8) is 0 Å². The number of hydrogen-bond donors (Lipinski definition) is 0. The van der Waals surface area contributed by atoms with Gasteiger partial charge >= 0.3 is 5.69 Å². The third kappa shape index (κ3) is 2.48. The molecule has 0 saturated carbocycles. The molecule has 0 N–H and O–H groups in total. The van der Waals surface area contributed by atoms with E-state index in [4.69, 9.17) is 11.6 Å². The lowest BCUT2D eigenvalue weighted by Gasteiger charge is -2.07. The third-order valence-corrected chi connectivity index (χ3v) is 3.76. The van der Waals surface area contributed by atoms with Crippen LogP contribution in [0.1, 0.15) is 15.9 Å². The molecule has 104 valence electrons. The van der Waals surface area contributed by atoms with Crippen molar-refractivity contribution in [1.29, 1.82) is 0 Å². The van der Waals surface area contributed by atoms with Gasteiger partial charge in [0, 0.05) is 35.4 Å². The van der Waals surface area contributed by atoms with E-state index in [2.05, 4.69) is 15.9 Å². The number of halogens is 2. The van der Waals surface area contributed by atoms with Gasteiger partial charge in [-0.2, -0.15) is 0 Å². The van der Waals surface area contributed by atoms with Crippen molar-refractivity contribution in [2.24, 2.45) is 14.1 Å². The van der Waals surface area contributed by atoms with E-state index < -0.39 is 17.0 Å². The highest BCUT2D eigenvalue weighted by Gasteiger charge is 2.18. The monoisotopic (exact) mass is 356 g/mol. The van der Waals surface area contributed by atoms with Crippen molar-refractivity contribution < 1.29 is 4.79 Å². The maximum atomic E-state index is 12.4. The highest BCUT2D eigenvalue weighted by atomic mass is 79.9. The number of ketones is 1. The Labute approximate surface area is 127 Å². The van der Waals surface area contributed by atoms with Crippen LogP contribution in [0.5, 0.6) is 0 Å². The van der Waals surface area contributed by atoms with Gasteiger partial charge in [0.15, 0.2) is 0 Å². The molecule has 1 heterocycles. The summed E-state index contributed by atoms with van der Waals surface area (Å²) in [7, 11) is 2.81. The molecule has 0 radical (unpaired) electrons. The molecule has 0 saturated heterocycles. The summed E-state index contributed by atoms with van der Waals surface area (Å²) in [6.07, 6.45) is 1.24. The van der Waals surface area contributed by atoms with Crippen molar-refractivity contribution in [3.05, 3.63) is 65.9 Å². The SMILES string of the molecule is Cn1cc(C(=O)c2ccc(Cl)cc2Br)c(=O)n(C)c1=O. The van der Waals surface area contributed by atoms with Crippen LogP contribution in [-0.2, 0) is 14.1 Å². The highest BCUT2D eigenvalue weighted by Crippen LogP contribution is 2.23. The molecule has 5 nitrogen and oxygen atoms in total. The van der Waals surface area contributed by atoms with E-state index >= 15 is 0 Å². The predicted molar refractivity (Wildman–Crippen MR) is 79.5 cm³/mol. The Morgan fingerprint density at radius 1 is 1.20 bits per heavy atom. The molecular formula is C13H10BrClN2O3. The number of aryl methyl sites for hydroxylation is 1. The lowest BCUT2D eigenvalue weighted by atomic mass is 10.1. The highest BCUT2D eigenvalue weighted by molar-refractivity contribution is 9.10. The van der Waals surface area contributed by atoms with Gasteiger partial charge in [0.25, 0.3) is 5.56 Å². The minimum atomic E-state index is -0.625. The normalized spacial score (nSPS) is 10.6. The summed E-state index contributed by atoms with van der Waals surface area (Å²) >= 11 is 9.06. The number of nitrogens with zero attached hydrogens (tertiary/aromatic N) is 2. The zero-order chi connectivity index (χ0) is 15.0. The summed E-state index contributed by atoms with van der Waals surface area (Å²) in [4.78, 5) is 36.0. The quantitative estimate of drug-likeness (QED) is 0.769. The topological polar surface area (TPSA) is 61.1 Å². The number of aromatic nitrogens is 2. The first-order chi connectivity index (χ1) is 9.32. The maximum Gasteiger partial charge on any atom is 0.330 e. The average molecular weight is 358 g/mol. The van der Waals surface area contributed by atoms with E-state index in [1.54, 1.807) is 12.1 Å². The molecule has 0 atom stereocenters. The van der Waals surface area contributed by atoms with Crippen LogP contribution in [0.3, 0.4) is 0 Å². The van der Waals surface area contributed by atoms with E-state index in [1.807, 2.05) is 0 Å². The number of carbonyl (C=O) groups excluding carboxylic acids is 1.